The SMILES string of the molecule is C/C(=N/N)[C@@]1(O)CC[C@@H]2[C@H]3CCC4=C/C(=N\N)CC[C@]4(C)[C@H]3CC[C@@]21C. The molecule has 0 spiro atoms. The Kier molecular flexibility index (Phi) is 4.03. The summed E-state index contributed by atoms with van der Waals surface area (Å²) in [6, 6.07) is 0. The van der Waals surface area contributed by atoms with E-state index >= 15 is 0 Å². The normalized spacial score (nSPS) is 50.0. The van der Waals surface area contributed by atoms with E-state index in [4.69, 9.17) is 11.7 Å². The van der Waals surface area contributed by atoms with Crippen LogP contribution >= 0.6 is 0 Å². The van der Waals surface area contributed by atoms with Crippen molar-refractivity contribution in [1.82, 2.24) is 0 Å². The van der Waals surface area contributed by atoms with Gasteiger partial charge in [-0.05, 0) is 87.5 Å². The van der Waals surface area contributed by atoms with E-state index in [0.717, 1.165) is 44.2 Å². The lowest BCUT2D eigenvalue weighted by atomic mass is 9.46. The molecule has 3 fully saturated rings. The smallest absolute Gasteiger partial charge is 0.110 e. The predicted octanol–water partition coefficient (Wildman–Crippen LogP) is 3.33. The Hall–Kier alpha value is -1.36. The molecule has 6 atom stereocenters. The average molecular weight is 359 g/mol. The Morgan fingerprint density at radius 2 is 1.81 bits per heavy atom. The number of hydrazone groups is 2. The van der Waals surface area contributed by atoms with Gasteiger partial charge < -0.3 is 16.8 Å². The van der Waals surface area contributed by atoms with Gasteiger partial charge in [-0.25, -0.2) is 0 Å². The lowest BCUT2D eigenvalue weighted by Crippen LogP contribution is -2.57. The minimum Gasteiger partial charge on any atom is -0.383 e. The summed E-state index contributed by atoms with van der Waals surface area (Å²) in [5.41, 5.74) is 2.67. The van der Waals surface area contributed by atoms with Crippen molar-refractivity contribution in [3.05, 3.63) is 11.6 Å². The summed E-state index contributed by atoms with van der Waals surface area (Å²) in [7, 11) is 0. The molecule has 144 valence electrons. The molecule has 5 nitrogen and oxygen atoms in total. The number of aliphatic hydroxyl groups is 1. The Bertz CT molecular complexity index is 698. The van der Waals surface area contributed by atoms with E-state index in [-0.39, 0.29) is 10.8 Å². The quantitative estimate of drug-likeness (QED) is 0.381. The van der Waals surface area contributed by atoms with Gasteiger partial charge in [-0.15, -0.1) is 0 Å². The molecule has 0 radical (unpaired) electrons. The fourth-order valence-corrected chi connectivity index (χ4v) is 7.39. The second kappa shape index (κ2) is 5.82. The zero-order valence-corrected chi connectivity index (χ0v) is 16.5. The van der Waals surface area contributed by atoms with Crippen molar-refractivity contribution in [3.8, 4) is 0 Å². The van der Waals surface area contributed by atoms with E-state index in [2.05, 4.69) is 30.1 Å². The molecule has 0 aromatic rings. The minimum absolute atomic E-state index is 0.1000. The molecule has 0 aliphatic heterocycles. The van der Waals surface area contributed by atoms with Crippen molar-refractivity contribution >= 4 is 11.4 Å². The standard InChI is InChI=1S/C21H34N4O/c1-13(24-22)21(26)11-8-18-16-5-4-14-12-15(25-23)6-9-19(14,2)17(16)7-10-20(18,21)3/h12,16-18,26H,4-11,22-23H2,1-3H3/b24-13-,25-15-/t16-,17-,18+,19-,20-,21-/m0/s1. The molecular formula is C21H34N4O. The molecule has 0 amide bonds. The lowest BCUT2D eigenvalue weighted by Gasteiger charge is -2.59. The summed E-state index contributed by atoms with van der Waals surface area (Å²) in [5.74, 6) is 13.1. The largest absolute Gasteiger partial charge is 0.383 e. The second-order valence-corrected chi connectivity index (χ2v) is 9.69. The van der Waals surface area contributed by atoms with Crippen molar-refractivity contribution in [2.24, 2.45) is 50.5 Å². The maximum Gasteiger partial charge on any atom is 0.110 e. The van der Waals surface area contributed by atoms with Crippen molar-refractivity contribution in [3.63, 3.8) is 0 Å². The van der Waals surface area contributed by atoms with Gasteiger partial charge in [0.05, 0.1) is 11.4 Å². The van der Waals surface area contributed by atoms with Gasteiger partial charge in [-0.1, -0.05) is 19.4 Å². The molecule has 4 rings (SSSR count). The van der Waals surface area contributed by atoms with Crippen molar-refractivity contribution in [2.45, 2.75) is 77.7 Å². The molecule has 0 unspecified atom stereocenters. The van der Waals surface area contributed by atoms with E-state index in [1.165, 1.54) is 12.8 Å². The van der Waals surface area contributed by atoms with Crippen molar-refractivity contribution in [2.75, 3.05) is 0 Å². The molecule has 3 saturated carbocycles. The molecule has 5 heteroatoms. The summed E-state index contributed by atoms with van der Waals surface area (Å²) in [4.78, 5) is 0. The van der Waals surface area contributed by atoms with E-state index in [9.17, 15) is 5.11 Å². The summed E-state index contributed by atoms with van der Waals surface area (Å²) in [5, 5.41) is 19.4. The van der Waals surface area contributed by atoms with Gasteiger partial charge in [0.1, 0.15) is 5.60 Å². The van der Waals surface area contributed by atoms with Crippen molar-refractivity contribution < 1.29 is 5.11 Å². The maximum absolute atomic E-state index is 11.5. The minimum atomic E-state index is -0.833. The van der Waals surface area contributed by atoms with Gasteiger partial charge in [-0.3, -0.25) is 0 Å². The highest BCUT2D eigenvalue weighted by molar-refractivity contribution is 5.96. The Balaban J connectivity index is 1.68. The van der Waals surface area contributed by atoms with Crippen LogP contribution in [0.25, 0.3) is 0 Å². The monoisotopic (exact) mass is 358 g/mol. The Morgan fingerprint density at radius 3 is 2.50 bits per heavy atom. The van der Waals surface area contributed by atoms with Crippen LogP contribution in [0.15, 0.2) is 21.9 Å². The van der Waals surface area contributed by atoms with Gasteiger partial charge in [0.25, 0.3) is 0 Å². The average Bonchev–Trinajstić information content (AvgIpc) is 2.92. The molecule has 26 heavy (non-hydrogen) atoms. The number of hydrogen-bond donors (Lipinski definition) is 3. The highest BCUT2D eigenvalue weighted by Crippen LogP contribution is 2.67. The summed E-state index contributed by atoms with van der Waals surface area (Å²) < 4.78 is 0. The van der Waals surface area contributed by atoms with Crippen LogP contribution in [0.1, 0.15) is 72.1 Å². The molecule has 4 aliphatic rings. The van der Waals surface area contributed by atoms with E-state index in [1.54, 1.807) is 5.57 Å². The summed E-state index contributed by atoms with van der Waals surface area (Å²) in [6.45, 7) is 6.67. The van der Waals surface area contributed by atoms with Gasteiger partial charge >= 0.3 is 0 Å². The third-order valence-corrected chi connectivity index (χ3v) is 9.09. The zero-order chi connectivity index (χ0) is 18.7. The first kappa shape index (κ1) is 18.0. The number of hydrogen-bond acceptors (Lipinski definition) is 5. The van der Waals surface area contributed by atoms with Crippen LogP contribution in [0.4, 0.5) is 0 Å². The first-order valence-corrected chi connectivity index (χ1v) is 10.3. The van der Waals surface area contributed by atoms with Gasteiger partial charge in [0, 0.05) is 5.41 Å². The number of nitrogens with two attached hydrogens (primary N) is 2. The van der Waals surface area contributed by atoms with Crippen LogP contribution in [0, 0.1) is 28.6 Å². The van der Waals surface area contributed by atoms with Crippen LogP contribution in [-0.2, 0) is 0 Å². The van der Waals surface area contributed by atoms with Gasteiger partial charge in [0.2, 0.25) is 0 Å². The highest BCUT2D eigenvalue weighted by Gasteiger charge is 2.64. The number of allylic oxidation sites excluding steroid dienone is 2. The highest BCUT2D eigenvalue weighted by atomic mass is 16.3. The van der Waals surface area contributed by atoms with E-state index in [0.29, 0.717) is 23.5 Å². The third-order valence-electron chi connectivity index (χ3n) is 9.09. The molecule has 0 aromatic heterocycles. The van der Waals surface area contributed by atoms with Gasteiger partial charge in [-0.2, -0.15) is 10.2 Å². The predicted molar refractivity (Wildman–Crippen MR) is 106 cm³/mol. The number of nitrogens with zero attached hydrogens (tertiary/aromatic N) is 2. The number of fused-ring (bicyclic) bond motifs is 5. The van der Waals surface area contributed by atoms with Crippen LogP contribution in [-0.4, -0.2) is 22.1 Å². The molecule has 0 heterocycles. The molecule has 4 aliphatic carbocycles. The Morgan fingerprint density at radius 1 is 1.08 bits per heavy atom. The molecule has 0 saturated heterocycles. The van der Waals surface area contributed by atoms with Crippen LogP contribution in [0.5, 0.6) is 0 Å². The van der Waals surface area contributed by atoms with Crippen LogP contribution in [0.3, 0.4) is 0 Å². The first-order chi connectivity index (χ1) is 12.3. The second-order valence-electron chi connectivity index (χ2n) is 9.69. The van der Waals surface area contributed by atoms with Crippen molar-refractivity contribution in [1.29, 1.82) is 0 Å². The summed E-state index contributed by atoms with van der Waals surface area (Å²) >= 11 is 0. The third kappa shape index (κ3) is 2.12. The fraction of sp³-hybridized carbons (Fsp3) is 0.810. The Labute approximate surface area is 157 Å². The lowest BCUT2D eigenvalue weighted by molar-refractivity contribution is -0.0945. The summed E-state index contributed by atoms with van der Waals surface area (Å²) in [6.07, 6.45) is 10.9. The fourth-order valence-electron chi connectivity index (χ4n) is 7.39. The molecular weight excluding hydrogens is 324 g/mol. The number of rotatable bonds is 1. The topological polar surface area (TPSA) is 97.0 Å². The van der Waals surface area contributed by atoms with Crippen LogP contribution in [0.2, 0.25) is 0 Å². The van der Waals surface area contributed by atoms with Crippen LogP contribution < -0.4 is 11.7 Å². The molecule has 0 bridgehead atoms. The van der Waals surface area contributed by atoms with E-state index in [1.807, 2.05) is 6.92 Å². The van der Waals surface area contributed by atoms with Gasteiger partial charge in [0.15, 0.2) is 0 Å². The zero-order valence-electron chi connectivity index (χ0n) is 16.5. The van der Waals surface area contributed by atoms with E-state index < -0.39 is 5.60 Å². The maximum atomic E-state index is 11.5. The molecule has 5 N–H and O–H groups in total. The first-order valence-electron chi connectivity index (χ1n) is 10.3. The molecule has 0 aromatic carbocycles.